The minimum Gasteiger partial charge on any atom is -0.394 e. The quantitative estimate of drug-likeness (QED) is 0.378. The third-order valence-electron chi connectivity index (χ3n) is 1.90. The van der Waals surface area contributed by atoms with Crippen molar-refractivity contribution in [1.82, 2.24) is 4.90 Å². The first-order valence-corrected chi connectivity index (χ1v) is 3.55. The van der Waals surface area contributed by atoms with Crippen LogP contribution in [0, 0.1) is 5.41 Å². The predicted molar refractivity (Wildman–Crippen MR) is 39.1 cm³/mol. The van der Waals surface area contributed by atoms with Gasteiger partial charge in [0.25, 0.3) is 5.92 Å². The summed E-state index contributed by atoms with van der Waals surface area (Å²) in [5.41, 5.74) is 5.05. The number of alkyl halides is 2. The number of nitrogens with zero attached hydrogens (tertiary/aromatic N) is 1. The van der Waals surface area contributed by atoms with Crippen LogP contribution in [0.15, 0.2) is 0 Å². The molecule has 0 aromatic rings. The summed E-state index contributed by atoms with van der Waals surface area (Å²) in [6.07, 6.45) is -0.428. The molecule has 4 N–H and O–H groups in total. The summed E-state index contributed by atoms with van der Waals surface area (Å²) in [7, 11) is 0. The summed E-state index contributed by atoms with van der Waals surface area (Å²) in [5, 5.41) is 15.7. The second-order valence-electron chi connectivity index (χ2n) is 2.91. The van der Waals surface area contributed by atoms with E-state index in [1.165, 1.54) is 0 Å². The van der Waals surface area contributed by atoms with E-state index < -0.39 is 37.5 Å². The van der Waals surface area contributed by atoms with E-state index >= 15 is 0 Å². The van der Waals surface area contributed by atoms with Gasteiger partial charge in [0, 0.05) is 6.42 Å². The summed E-state index contributed by atoms with van der Waals surface area (Å²) < 4.78 is 25.4. The second-order valence-corrected chi connectivity index (χ2v) is 2.91. The molecule has 0 aliphatic carbocycles. The Morgan fingerprint density at radius 2 is 2.33 bits per heavy atom. The highest BCUT2D eigenvalue weighted by Crippen LogP contribution is 2.31. The first-order valence-electron chi connectivity index (χ1n) is 3.55. The number of nitrogens with one attached hydrogen (secondary N) is 1. The molecule has 1 heterocycles. The molecule has 0 aromatic carbocycles. The Labute approximate surface area is 68.5 Å². The molecule has 0 amide bonds. The van der Waals surface area contributed by atoms with Crippen LogP contribution in [-0.2, 0) is 0 Å². The molecule has 1 saturated heterocycles. The standard InChI is InChI=1S/C6H11F2N3O/c7-6(8)1-4(2-12)11(3-6)5(9)10/h4,12H,1-3H2,(H3,9,10)/t4-/m0/s1. The number of guanidine groups is 1. The molecule has 0 saturated carbocycles. The first-order chi connectivity index (χ1) is 5.46. The van der Waals surface area contributed by atoms with Crippen molar-refractivity contribution in [3.63, 3.8) is 0 Å². The lowest BCUT2D eigenvalue weighted by molar-refractivity contribution is 0.0155. The summed E-state index contributed by atoms with van der Waals surface area (Å²) >= 11 is 0. The Bertz CT molecular complexity index is 197. The van der Waals surface area contributed by atoms with E-state index in [-0.39, 0.29) is 0 Å². The van der Waals surface area contributed by atoms with Crippen LogP contribution in [-0.4, -0.2) is 41.1 Å². The van der Waals surface area contributed by atoms with Gasteiger partial charge >= 0.3 is 0 Å². The molecule has 1 atom stereocenters. The average Bonchev–Trinajstić information content (AvgIpc) is 2.25. The fourth-order valence-electron chi connectivity index (χ4n) is 1.34. The van der Waals surface area contributed by atoms with Gasteiger partial charge in [-0.3, -0.25) is 5.41 Å². The van der Waals surface area contributed by atoms with Gasteiger partial charge in [-0.25, -0.2) is 8.78 Å². The van der Waals surface area contributed by atoms with Gasteiger partial charge < -0.3 is 15.7 Å². The van der Waals surface area contributed by atoms with E-state index in [4.69, 9.17) is 16.2 Å². The number of nitrogens with two attached hydrogens (primary N) is 1. The van der Waals surface area contributed by atoms with Crippen LogP contribution in [0.3, 0.4) is 0 Å². The predicted octanol–water partition coefficient (Wildman–Crippen LogP) is -0.418. The van der Waals surface area contributed by atoms with E-state index in [1.807, 2.05) is 0 Å². The van der Waals surface area contributed by atoms with Crippen LogP contribution in [0.1, 0.15) is 6.42 Å². The van der Waals surface area contributed by atoms with Crippen LogP contribution >= 0.6 is 0 Å². The van der Waals surface area contributed by atoms with E-state index in [1.54, 1.807) is 0 Å². The van der Waals surface area contributed by atoms with E-state index in [0.29, 0.717) is 0 Å². The Morgan fingerprint density at radius 1 is 1.75 bits per heavy atom. The molecule has 6 heteroatoms. The van der Waals surface area contributed by atoms with Gasteiger partial charge in [0.1, 0.15) is 0 Å². The highest BCUT2D eigenvalue weighted by Gasteiger charge is 2.45. The lowest BCUT2D eigenvalue weighted by Gasteiger charge is -2.21. The molecule has 0 bridgehead atoms. The van der Waals surface area contributed by atoms with Gasteiger partial charge in [0.05, 0.1) is 19.2 Å². The van der Waals surface area contributed by atoms with Crippen LogP contribution in [0.5, 0.6) is 0 Å². The molecule has 1 rings (SSSR count). The fourth-order valence-corrected chi connectivity index (χ4v) is 1.34. The zero-order chi connectivity index (χ0) is 9.35. The number of halogens is 2. The molecule has 70 valence electrons. The van der Waals surface area contributed by atoms with Crippen molar-refractivity contribution in [2.24, 2.45) is 5.73 Å². The van der Waals surface area contributed by atoms with Gasteiger partial charge in [0.15, 0.2) is 5.96 Å². The smallest absolute Gasteiger partial charge is 0.267 e. The molecule has 0 unspecified atom stereocenters. The van der Waals surface area contributed by atoms with Crippen molar-refractivity contribution in [2.75, 3.05) is 13.2 Å². The Balaban J connectivity index is 2.69. The molecule has 1 aliphatic rings. The largest absolute Gasteiger partial charge is 0.394 e. The summed E-state index contributed by atoms with van der Waals surface area (Å²) in [6.45, 7) is -0.956. The first kappa shape index (κ1) is 9.18. The van der Waals surface area contributed by atoms with Crippen molar-refractivity contribution in [2.45, 2.75) is 18.4 Å². The fraction of sp³-hybridized carbons (Fsp3) is 0.833. The number of aliphatic hydroxyl groups excluding tert-OH is 1. The topological polar surface area (TPSA) is 73.3 Å². The Kier molecular flexibility index (Phi) is 2.18. The van der Waals surface area contributed by atoms with Crippen molar-refractivity contribution in [1.29, 1.82) is 5.41 Å². The molecule has 4 nitrogen and oxygen atoms in total. The summed E-state index contributed by atoms with van der Waals surface area (Å²) in [6, 6.07) is -0.711. The maximum Gasteiger partial charge on any atom is 0.267 e. The highest BCUT2D eigenvalue weighted by molar-refractivity contribution is 5.75. The number of rotatable bonds is 1. The molecular weight excluding hydrogens is 168 g/mol. The number of aliphatic hydroxyl groups is 1. The average molecular weight is 179 g/mol. The van der Waals surface area contributed by atoms with Crippen LogP contribution < -0.4 is 5.73 Å². The third-order valence-corrected chi connectivity index (χ3v) is 1.90. The maximum absolute atomic E-state index is 12.7. The van der Waals surface area contributed by atoms with Crippen molar-refractivity contribution in [3.8, 4) is 0 Å². The van der Waals surface area contributed by atoms with Gasteiger partial charge in [0.2, 0.25) is 0 Å². The summed E-state index contributed by atoms with van der Waals surface area (Å²) in [5.74, 6) is -3.25. The molecule has 1 aliphatic heterocycles. The normalized spacial score (nSPS) is 27.6. The van der Waals surface area contributed by atoms with E-state index in [9.17, 15) is 8.78 Å². The van der Waals surface area contributed by atoms with E-state index in [0.717, 1.165) is 4.90 Å². The number of hydrogen-bond donors (Lipinski definition) is 3. The number of likely N-dealkylation sites (tertiary alicyclic amines) is 1. The van der Waals surface area contributed by atoms with Gasteiger partial charge in [-0.15, -0.1) is 0 Å². The van der Waals surface area contributed by atoms with Gasteiger partial charge in [-0.2, -0.15) is 0 Å². The van der Waals surface area contributed by atoms with Gasteiger partial charge in [-0.1, -0.05) is 0 Å². The molecule has 0 aromatic heterocycles. The lowest BCUT2D eigenvalue weighted by atomic mass is 10.2. The number of hydrogen-bond acceptors (Lipinski definition) is 2. The second kappa shape index (κ2) is 2.85. The minimum absolute atomic E-state index is 0.394. The highest BCUT2D eigenvalue weighted by atomic mass is 19.3. The van der Waals surface area contributed by atoms with Crippen molar-refractivity contribution < 1.29 is 13.9 Å². The molecule has 12 heavy (non-hydrogen) atoms. The van der Waals surface area contributed by atoms with Crippen LogP contribution in [0.2, 0.25) is 0 Å². The Hall–Kier alpha value is -0.910. The van der Waals surface area contributed by atoms with Crippen LogP contribution in [0.25, 0.3) is 0 Å². The van der Waals surface area contributed by atoms with Crippen molar-refractivity contribution in [3.05, 3.63) is 0 Å². The monoisotopic (exact) mass is 179 g/mol. The SMILES string of the molecule is N=C(N)N1CC(F)(F)C[C@H]1CO. The molecule has 1 fully saturated rings. The molecule has 0 radical (unpaired) electrons. The van der Waals surface area contributed by atoms with E-state index in [2.05, 4.69) is 0 Å². The zero-order valence-electron chi connectivity index (χ0n) is 6.43. The maximum atomic E-state index is 12.7. The van der Waals surface area contributed by atoms with Crippen molar-refractivity contribution >= 4 is 5.96 Å². The van der Waals surface area contributed by atoms with Crippen LogP contribution in [0.4, 0.5) is 8.78 Å². The minimum atomic E-state index is -2.83. The lowest BCUT2D eigenvalue weighted by Crippen LogP contribution is -2.42. The molecule has 0 spiro atoms. The summed E-state index contributed by atoms with van der Waals surface area (Å²) in [4.78, 5) is 1.01. The third kappa shape index (κ3) is 1.63. The Morgan fingerprint density at radius 3 is 2.67 bits per heavy atom. The zero-order valence-corrected chi connectivity index (χ0v) is 6.43. The van der Waals surface area contributed by atoms with Gasteiger partial charge in [-0.05, 0) is 0 Å². The molecular formula is C6H11F2N3O.